The van der Waals surface area contributed by atoms with Gasteiger partial charge in [0, 0.05) is 18.8 Å². The molecule has 0 saturated heterocycles. The first-order chi connectivity index (χ1) is 13.6. The number of rotatable bonds is 3. The number of carbonyl (C=O) groups is 1. The average Bonchev–Trinajstić information content (AvgIpc) is 3.06. The zero-order chi connectivity index (χ0) is 19.4. The van der Waals surface area contributed by atoms with Crippen LogP contribution in [-0.2, 0) is 9.53 Å². The number of aromatic nitrogens is 1. The first-order valence-corrected chi connectivity index (χ1v) is 11.0. The Hall–Kier alpha value is -1.90. The van der Waals surface area contributed by atoms with Crippen LogP contribution in [0.4, 0.5) is 0 Å². The SMILES string of the molecule is C[C@]12CC[C@H](OC=O)CC1=CC[C@@H]1[C@@H]2CC[C@]2(C)C(c3cccnc3)=CC[C@@H]12. The number of hydrogen-bond donors (Lipinski definition) is 0. The summed E-state index contributed by atoms with van der Waals surface area (Å²) in [4.78, 5) is 15.2. The van der Waals surface area contributed by atoms with Crippen molar-refractivity contribution in [3.05, 3.63) is 47.8 Å². The first-order valence-electron chi connectivity index (χ1n) is 11.0. The second-order valence-electron chi connectivity index (χ2n) is 9.91. The molecule has 0 aromatic carbocycles. The van der Waals surface area contributed by atoms with Crippen molar-refractivity contribution in [2.45, 2.75) is 64.9 Å². The number of fused-ring (bicyclic) bond motifs is 5. The third-order valence-corrected chi connectivity index (χ3v) is 8.86. The monoisotopic (exact) mass is 377 g/mol. The summed E-state index contributed by atoms with van der Waals surface area (Å²) in [6.07, 6.45) is 17.1. The van der Waals surface area contributed by atoms with E-state index in [2.05, 4.69) is 43.1 Å². The van der Waals surface area contributed by atoms with E-state index in [-0.39, 0.29) is 11.5 Å². The van der Waals surface area contributed by atoms with E-state index in [1.807, 2.05) is 12.4 Å². The lowest BCUT2D eigenvalue weighted by Crippen LogP contribution is -2.50. The van der Waals surface area contributed by atoms with Gasteiger partial charge < -0.3 is 4.74 Å². The van der Waals surface area contributed by atoms with Gasteiger partial charge in [0.25, 0.3) is 6.47 Å². The molecule has 1 heterocycles. The molecule has 0 bridgehead atoms. The maximum atomic E-state index is 10.8. The number of carbonyl (C=O) groups excluding carboxylic acids is 1. The number of nitrogens with zero attached hydrogens (tertiary/aromatic N) is 1. The molecular weight excluding hydrogens is 346 g/mol. The van der Waals surface area contributed by atoms with Gasteiger partial charge in [0.1, 0.15) is 6.10 Å². The minimum Gasteiger partial charge on any atom is -0.464 e. The zero-order valence-electron chi connectivity index (χ0n) is 17.1. The van der Waals surface area contributed by atoms with Gasteiger partial charge in [0.05, 0.1) is 0 Å². The summed E-state index contributed by atoms with van der Waals surface area (Å²) in [6.45, 7) is 5.64. The highest BCUT2D eigenvalue weighted by Gasteiger charge is 2.56. The van der Waals surface area contributed by atoms with Crippen molar-refractivity contribution in [2.75, 3.05) is 0 Å². The molecule has 148 valence electrons. The highest BCUT2D eigenvalue weighted by molar-refractivity contribution is 5.72. The lowest BCUT2D eigenvalue weighted by atomic mass is 9.47. The zero-order valence-corrected chi connectivity index (χ0v) is 17.1. The smallest absolute Gasteiger partial charge is 0.293 e. The van der Waals surface area contributed by atoms with Gasteiger partial charge >= 0.3 is 0 Å². The molecule has 0 unspecified atom stereocenters. The van der Waals surface area contributed by atoms with Gasteiger partial charge in [0.15, 0.2) is 0 Å². The molecule has 6 atom stereocenters. The fourth-order valence-corrected chi connectivity index (χ4v) is 7.36. The van der Waals surface area contributed by atoms with Crippen molar-refractivity contribution >= 4 is 12.0 Å². The number of ether oxygens (including phenoxy) is 1. The van der Waals surface area contributed by atoms with Crippen LogP contribution in [0.25, 0.3) is 5.57 Å². The molecule has 1 aromatic rings. The van der Waals surface area contributed by atoms with Crippen LogP contribution in [0.1, 0.15) is 64.4 Å². The average molecular weight is 378 g/mol. The quantitative estimate of drug-likeness (QED) is 0.510. The minimum atomic E-state index is 0.0903. The van der Waals surface area contributed by atoms with Gasteiger partial charge in [-0.3, -0.25) is 9.78 Å². The molecule has 0 spiro atoms. The van der Waals surface area contributed by atoms with Crippen molar-refractivity contribution < 1.29 is 9.53 Å². The molecular formula is C25H31NO2. The predicted octanol–water partition coefficient (Wildman–Crippen LogP) is 5.58. The van der Waals surface area contributed by atoms with Crippen LogP contribution in [0, 0.1) is 28.6 Å². The van der Waals surface area contributed by atoms with Crippen molar-refractivity contribution in [1.82, 2.24) is 4.98 Å². The number of pyridine rings is 1. The van der Waals surface area contributed by atoms with E-state index in [9.17, 15) is 4.79 Å². The summed E-state index contributed by atoms with van der Waals surface area (Å²) < 4.78 is 5.33. The van der Waals surface area contributed by atoms with Crippen molar-refractivity contribution in [3.8, 4) is 0 Å². The fourth-order valence-electron chi connectivity index (χ4n) is 7.36. The maximum Gasteiger partial charge on any atom is 0.293 e. The van der Waals surface area contributed by atoms with Crippen molar-refractivity contribution in [3.63, 3.8) is 0 Å². The lowest BCUT2D eigenvalue weighted by Gasteiger charge is -2.57. The third-order valence-electron chi connectivity index (χ3n) is 8.86. The fraction of sp³-hybridized carbons (Fsp3) is 0.600. The molecule has 2 saturated carbocycles. The van der Waals surface area contributed by atoms with Crippen LogP contribution < -0.4 is 0 Å². The first kappa shape index (κ1) is 18.1. The van der Waals surface area contributed by atoms with E-state index < -0.39 is 0 Å². The Morgan fingerprint density at radius 3 is 2.75 bits per heavy atom. The number of allylic oxidation sites excluding steroid dienone is 3. The largest absolute Gasteiger partial charge is 0.464 e. The highest BCUT2D eigenvalue weighted by atomic mass is 16.5. The highest BCUT2D eigenvalue weighted by Crippen LogP contribution is 2.66. The summed E-state index contributed by atoms with van der Waals surface area (Å²) in [5, 5.41) is 0. The molecule has 1 aromatic heterocycles. The van der Waals surface area contributed by atoms with Crippen LogP contribution in [0.15, 0.2) is 42.3 Å². The van der Waals surface area contributed by atoms with Crippen LogP contribution in [-0.4, -0.2) is 17.6 Å². The minimum absolute atomic E-state index is 0.0903. The summed E-state index contributed by atoms with van der Waals surface area (Å²) in [7, 11) is 0. The molecule has 0 aliphatic heterocycles. The molecule has 3 heteroatoms. The molecule has 2 fully saturated rings. The molecule has 0 amide bonds. The van der Waals surface area contributed by atoms with E-state index in [1.54, 1.807) is 5.57 Å². The standard InChI is InChI=1S/C25H31NO2/c1-24-11-9-19(28-16-27)14-18(24)5-6-20-22-8-7-21(17-4-3-13-26-15-17)25(22,2)12-10-23(20)24/h3-5,7,13,15-16,19-20,22-23H,6,8-12,14H2,1-2H3/t19-,20-,22-,23-,24-,25+/m0/s1. The summed E-state index contributed by atoms with van der Waals surface area (Å²) in [5.41, 5.74) is 4.99. The van der Waals surface area contributed by atoms with E-state index in [0.29, 0.717) is 11.9 Å². The van der Waals surface area contributed by atoms with Gasteiger partial charge in [-0.2, -0.15) is 0 Å². The van der Waals surface area contributed by atoms with E-state index in [4.69, 9.17) is 4.74 Å². The Morgan fingerprint density at radius 2 is 1.96 bits per heavy atom. The Bertz CT molecular complexity index is 828. The Kier molecular flexibility index (Phi) is 4.26. The normalized spacial score (nSPS) is 41.8. The van der Waals surface area contributed by atoms with Crippen LogP contribution in [0.5, 0.6) is 0 Å². The molecule has 5 rings (SSSR count). The Balaban J connectivity index is 1.43. The van der Waals surface area contributed by atoms with E-state index >= 15 is 0 Å². The Labute approximate surface area is 168 Å². The summed E-state index contributed by atoms with van der Waals surface area (Å²) in [6, 6.07) is 4.29. The van der Waals surface area contributed by atoms with Crippen LogP contribution in [0.3, 0.4) is 0 Å². The molecule has 3 nitrogen and oxygen atoms in total. The van der Waals surface area contributed by atoms with E-state index in [0.717, 1.165) is 37.0 Å². The van der Waals surface area contributed by atoms with Crippen LogP contribution in [0.2, 0.25) is 0 Å². The number of hydrogen-bond acceptors (Lipinski definition) is 3. The third kappa shape index (κ3) is 2.54. The van der Waals surface area contributed by atoms with Gasteiger partial charge in [-0.15, -0.1) is 0 Å². The van der Waals surface area contributed by atoms with Gasteiger partial charge in [-0.1, -0.05) is 37.6 Å². The second kappa shape index (κ2) is 6.57. The van der Waals surface area contributed by atoms with Gasteiger partial charge in [-0.05, 0) is 84.3 Å². The molecule has 28 heavy (non-hydrogen) atoms. The maximum absolute atomic E-state index is 10.8. The molecule has 0 N–H and O–H groups in total. The lowest BCUT2D eigenvalue weighted by molar-refractivity contribution is -0.135. The second-order valence-corrected chi connectivity index (χ2v) is 9.91. The van der Waals surface area contributed by atoms with Gasteiger partial charge in [0.2, 0.25) is 0 Å². The van der Waals surface area contributed by atoms with Crippen molar-refractivity contribution in [2.24, 2.45) is 28.6 Å². The molecule has 4 aliphatic carbocycles. The van der Waals surface area contributed by atoms with Crippen LogP contribution >= 0.6 is 0 Å². The topological polar surface area (TPSA) is 39.2 Å². The van der Waals surface area contributed by atoms with Crippen molar-refractivity contribution in [1.29, 1.82) is 0 Å². The Morgan fingerprint density at radius 1 is 1.11 bits per heavy atom. The molecule has 0 radical (unpaired) electrons. The molecule has 4 aliphatic rings. The summed E-state index contributed by atoms with van der Waals surface area (Å²) >= 11 is 0. The summed E-state index contributed by atoms with van der Waals surface area (Å²) in [5.74, 6) is 2.27. The predicted molar refractivity (Wildman–Crippen MR) is 110 cm³/mol. The van der Waals surface area contributed by atoms with Gasteiger partial charge in [-0.25, -0.2) is 0 Å². The van der Waals surface area contributed by atoms with E-state index in [1.165, 1.54) is 36.8 Å².